The molecule has 0 atom stereocenters. The molecule has 0 saturated carbocycles. The first kappa shape index (κ1) is 11.6. The van der Waals surface area contributed by atoms with E-state index < -0.39 is 0 Å². The maximum absolute atomic E-state index is 11.5. The first-order valence-corrected chi connectivity index (χ1v) is 6.87. The monoisotopic (exact) mass is 328 g/mol. The molecule has 16 heavy (non-hydrogen) atoms. The number of halogens is 1. The number of carbonyl (C=O) groups excluding carboxylic acids is 1. The zero-order valence-electron chi connectivity index (χ0n) is 8.91. The number of para-hydroxylation sites is 1. The summed E-state index contributed by atoms with van der Waals surface area (Å²) in [6, 6.07) is 7.74. The fourth-order valence-corrected chi connectivity index (χ4v) is 2.19. The number of alkyl halides is 1. The second kappa shape index (κ2) is 5.48. The summed E-state index contributed by atoms with van der Waals surface area (Å²) < 4.78 is 6.37. The van der Waals surface area contributed by atoms with Crippen LogP contribution in [0.4, 0.5) is 0 Å². The summed E-state index contributed by atoms with van der Waals surface area (Å²) in [7, 11) is 0. The van der Waals surface area contributed by atoms with Gasteiger partial charge in [0.15, 0.2) is 0 Å². The van der Waals surface area contributed by atoms with E-state index in [0.717, 1.165) is 29.3 Å². The average Bonchev–Trinajstić information content (AvgIpc) is 2.43. The van der Waals surface area contributed by atoms with E-state index >= 15 is 0 Å². The zero-order chi connectivity index (χ0) is 11.4. The smallest absolute Gasteiger partial charge is 0.336 e. The van der Waals surface area contributed by atoms with E-state index in [2.05, 4.69) is 22.6 Å². The lowest BCUT2D eigenvalue weighted by molar-refractivity contribution is -0.128. The van der Waals surface area contributed by atoms with Gasteiger partial charge in [0, 0.05) is 6.08 Å². The van der Waals surface area contributed by atoms with E-state index in [1.165, 1.54) is 5.57 Å². The molecule has 1 aromatic carbocycles. The Morgan fingerprint density at radius 3 is 2.94 bits per heavy atom. The molecule has 0 N–H and O–H groups in total. The Bertz CT molecular complexity index is 424. The second-order valence-electron chi connectivity index (χ2n) is 3.80. The van der Waals surface area contributed by atoms with Gasteiger partial charge in [-0.1, -0.05) is 46.4 Å². The van der Waals surface area contributed by atoms with Gasteiger partial charge in [0.1, 0.15) is 5.75 Å². The third kappa shape index (κ3) is 2.84. The van der Waals surface area contributed by atoms with Crippen LogP contribution in [0.5, 0.6) is 5.75 Å². The van der Waals surface area contributed by atoms with Crippen molar-refractivity contribution in [3.05, 3.63) is 41.5 Å². The number of ether oxygens (including phenoxy) is 1. The highest BCUT2D eigenvalue weighted by Gasteiger charge is 2.14. The first-order chi connectivity index (χ1) is 7.79. The lowest BCUT2D eigenvalue weighted by Gasteiger charge is -2.05. The molecule has 1 heterocycles. The molecule has 3 heteroatoms. The molecule has 0 aromatic heterocycles. The van der Waals surface area contributed by atoms with Gasteiger partial charge in [-0.25, -0.2) is 4.79 Å². The fraction of sp³-hybridized carbons (Fsp3) is 0.308. The lowest BCUT2D eigenvalue weighted by atomic mass is 10.0. The van der Waals surface area contributed by atoms with Crippen molar-refractivity contribution in [2.45, 2.75) is 19.3 Å². The van der Waals surface area contributed by atoms with Crippen LogP contribution < -0.4 is 4.74 Å². The normalized spacial score (nSPS) is 14.8. The standard InChI is InChI=1S/C13H13IO2/c14-7-3-4-10-8-11-5-1-2-6-12(11)16-13(15)9-10/h1-2,5-6,9H,3-4,7-8H2. The van der Waals surface area contributed by atoms with Crippen molar-refractivity contribution in [3.8, 4) is 5.75 Å². The minimum Gasteiger partial charge on any atom is -0.423 e. The first-order valence-electron chi connectivity index (χ1n) is 5.34. The Labute approximate surface area is 109 Å². The number of rotatable bonds is 3. The van der Waals surface area contributed by atoms with Crippen LogP contribution >= 0.6 is 22.6 Å². The predicted octanol–water partition coefficient (Wildman–Crippen LogP) is 3.29. The summed E-state index contributed by atoms with van der Waals surface area (Å²) in [6.45, 7) is 0. The minimum absolute atomic E-state index is 0.242. The molecule has 84 valence electrons. The van der Waals surface area contributed by atoms with Crippen LogP contribution in [0.2, 0.25) is 0 Å². The van der Waals surface area contributed by atoms with Gasteiger partial charge in [0.25, 0.3) is 0 Å². The van der Waals surface area contributed by atoms with Crippen LogP contribution in [-0.2, 0) is 11.2 Å². The van der Waals surface area contributed by atoms with Crippen molar-refractivity contribution in [1.29, 1.82) is 0 Å². The van der Waals surface area contributed by atoms with Crippen LogP contribution in [0.3, 0.4) is 0 Å². The molecule has 0 aliphatic carbocycles. The summed E-state index contributed by atoms with van der Waals surface area (Å²) in [5, 5.41) is 0. The number of hydrogen-bond donors (Lipinski definition) is 0. The lowest BCUT2D eigenvalue weighted by Crippen LogP contribution is -2.03. The average molecular weight is 328 g/mol. The van der Waals surface area contributed by atoms with Crippen molar-refractivity contribution in [1.82, 2.24) is 0 Å². The van der Waals surface area contributed by atoms with Crippen LogP contribution in [0.25, 0.3) is 0 Å². The molecule has 1 aromatic rings. The number of benzene rings is 1. The number of allylic oxidation sites excluding steroid dienone is 1. The summed E-state index contributed by atoms with van der Waals surface area (Å²) >= 11 is 2.36. The Morgan fingerprint density at radius 2 is 2.12 bits per heavy atom. The van der Waals surface area contributed by atoms with E-state index in [1.807, 2.05) is 24.3 Å². The Morgan fingerprint density at radius 1 is 1.31 bits per heavy atom. The highest BCUT2D eigenvalue weighted by molar-refractivity contribution is 14.1. The third-order valence-electron chi connectivity index (χ3n) is 2.55. The maximum Gasteiger partial charge on any atom is 0.336 e. The molecule has 0 amide bonds. The Kier molecular flexibility index (Phi) is 3.98. The molecule has 0 radical (unpaired) electrons. The van der Waals surface area contributed by atoms with Gasteiger partial charge in [0.05, 0.1) is 0 Å². The van der Waals surface area contributed by atoms with E-state index in [9.17, 15) is 4.79 Å². The van der Waals surface area contributed by atoms with Crippen LogP contribution in [-0.4, -0.2) is 10.4 Å². The van der Waals surface area contributed by atoms with Crippen LogP contribution in [0.15, 0.2) is 35.9 Å². The summed E-state index contributed by atoms with van der Waals surface area (Å²) in [5.74, 6) is 0.460. The summed E-state index contributed by atoms with van der Waals surface area (Å²) in [5.41, 5.74) is 2.28. The molecular weight excluding hydrogens is 315 g/mol. The number of hydrogen-bond acceptors (Lipinski definition) is 2. The summed E-state index contributed by atoms with van der Waals surface area (Å²) in [6.07, 6.45) is 4.57. The van der Waals surface area contributed by atoms with Gasteiger partial charge in [-0.2, -0.15) is 0 Å². The molecule has 0 spiro atoms. The Hall–Kier alpha value is -0.840. The number of esters is 1. The van der Waals surface area contributed by atoms with Gasteiger partial charge in [0.2, 0.25) is 0 Å². The second-order valence-corrected chi connectivity index (χ2v) is 4.88. The fourth-order valence-electron chi connectivity index (χ4n) is 1.80. The van der Waals surface area contributed by atoms with E-state index in [4.69, 9.17) is 4.74 Å². The maximum atomic E-state index is 11.5. The number of fused-ring (bicyclic) bond motifs is 1. The highest BCUT2D eigenvalue weighted by Crippen LogP contribution is 2.26. The minimum atomic E-state index is -0.242. The van der Waals surface area contributed by atoms with E-state index in [-0.39, 0.29) is 5.97 Å². The van der Waals surface area contributed by atoms with Gasteiger partial charge in [-0.05, 0) is 35.3 Å². The topological polar surface area (TPSA) is 26.3 Å². The van der Waals surface area contributed by atoms with Gasteiger partial charge in [-0.3, -0.25) is 0 Å². The largest absolute Gasteiger partial charge is 0.423 e. The molecule has 0 unspecified atom stereocenters. The third-order valence-corrected chi connectivity index (χ3v) is 3.32. The summed E-state index contributed by atoms with van der Waals surface area (Å²) in [4.78, 5) is 11.5. The molecule has 0 bridgehead atoms. The van der Waals surface area contributed by atoms with Gasteiger partial charge >= 0.3 is 5.97 Å². The SMILES string of the molecule is O=C1C=C(CCCI)Cc2ccccc2O1. The molecule has 2 nitrogen and oxygen atoms in total. The number of carbonyl (C=O) groups is 1. The molecule has 1 aliphatic heterocycles. The van der Waals surface area contributed by atoms with Crippen molar-refractivity contribution < 1.29 is 9.53 Å². The molecule has 2 rings (SSSR count). The van der Waals surface area contributed by atoms with Crippen molar-refractivity contribution in [2.24, 2.45) is 0 Å². The highest BCUT2D eigenvalue weighted by atomic mass is 127. The van der Waals surface area contributed by atoms with E-state index in [1.54, 1.807) is 6.08 Å². The molecule has 1 aliphatic rings. The van der Waals surface area contributed by atoms with Gasteiger partial charge < -0.3 is 4.74 Å². The quantitative estimate of drug-likeness (QED) is 0.368. The van der Waals surface area contributed by atoms with Crippen molar-refractivity contribution in [2.75, 3.05) is 4.43 Å². The zero-order valence-corrected chi connectivity index (χ0v) is 11.1. The molecular formula is C13H13IO2. The predicted molar refractivity (Wildman–Crippen MR) is 72.0 cm³/mol. The molecule has 0 fully saturated rings. The van der Waals surface area contributed by atoms with E-state index in [0.29, 0.717) is 5.75 Å². The van der Waals surface area contributed by atoms with Crippen molar-refractivity contribution in [3.63, 3.8) is 0 Å². The molecule has 0 saturated heterocycles. The van der Waals surface area contributed by atoms with Gasteiger partial charge in [-0.15, -0.1) is 0 Å². The Balaban J connectivity index is 2.22. The van der Waals surface area contributed by atoms with Crippen LogP contribution in [0, 0.1) is 0 Å². The van der Waals surface area contributed by atoms with Crippen LogP contribution in [0.1, 0.15) is 18.4 Å². The van der Waals surface area contributed by atoms with Crippen molar-refractivity contribution >= 4 is 28.6 Å².